The molecule has 0 saturated carbocycles. The molecule has 0 spiro atoms. The van der Waals surface area contributed by atoms with Gasteiger partial charge in [0.05, 0.1) is 23.4 Å². The van der Waals surface area contributed by atoms with Crippen molar-refractivity contribution in [1.82, 2.24) is 4.98 Å². The van der Waals surface area contributed by atoms with Crippen molar-refractivity contribution in [3.05, 3.63) is 35.5 Å². The second-order valence-electron chi connectivity index (χ2n) is 4.25. The van der Waals surface area contributed by atoms with E-state index in [1.165, 1.54) is 0 Å². The Morgan fingerprint density at radius 1 is 1.42 bits per heavy atom. The fourth-order valence-corrected chi connectivity index (χ4v) is 2.15. The number of anilines is 1. The Kier molecular flexibility index (Phi) is 4.32. The van der Waals surface area contributed by atoms with Gasteiger partial charge in [-0.25, -0.2) is 0 Å². The Labute approximate surface area is 113 Å². The summed E-state index contributed by atoms with van der Waals surface area (Å²) in [7, 11) is 1.69. The Morgan fingerprint density at radius 3 is 2.95 bits per heavy atom. The molecule has 1 N–H and O–H groups in total. The van der Waals surface area contributed by atoms with E-state index in [0.717, 1.165) is 35.1 Å². The summed E-state index contributed by atoms with van der Waals surface area (Å²) >= 11 is 0. The zero-order valence-electron chi connectivity index (χ0n) is 11.2. The zero-order chi connectivity index (χ0) is 13.7. The average Bonchev–Trinajstić information content (AvgIpc) is 2.45. The molecule has 0 aliphatic rings. The second-order valence-corrected chi connectivity index (χ2v) is 4.25. The van der Waals surface area contributed by atoms with Crippen LogP contribution in [0.4, 0.5) is 5.69 Å². The van der Waals surface area contributed by atoms with Gasteiger partial charge in [0.15, 0.2) is 0 Å². The van der Waals surface area contributed by atoms with Crippen LogP contribution in [0.1, 0.15) is 18.1 Å². The maximum absolute atomic E-state index is 9.17. The van der Waals surface area contributed by atoms with Gasteiger partial charge in [-0.1, -0.05) is 18.2 Å². The number of fused-ring (bicyclic) bond motifs is 1. The average molecular weight is 255 g/mol. The molecule has 0 bridgehead atoms. The molecule has 0 aliphatic heterocycles. The molecule has 0 atom stereocenters. The van der Waals surface area contributed by atoms with E-state index in [1.54, 1.807) is 13.3 Å². The lowest BCUT2D eigenvalue weighted by Gasteiger charge is -2.12. The van der Waals surface area contributed by atoms with Crippen molar-refractivity contribution in [2.45, 2.75) is 13.3 Å². The van der Waals surface area contributed by atoms with E-state index in [0.29, 0.717) is 12.2 Å². The van der Waals surface area contributed by atoms with E-state index in [9.17, 15) is 0 Å². The molecule has 4 nitrogen and oxygen atoms in total. The van der Waals surface area contributed by atoms with Crippen molar-refractivity contribution in [2.24, 2.45) is 0 Å². The Balaban J connectivity index is 2.59. The number of nitriles is 1. The van der Waals surface area contributed by atoms with E-state index < -0.39 is 0 Å². The normalized spacial score (nSPS) is 10.4. The van der Waals surface area contributed by atoms with Crippen LogP contribution >= 0.6 is 0 Å². The third-order valence-electron chi connectivity index (χ3n) is 3.03. The molecule has 98 valence electrons. The molecular weight excluding hydrogens is 238 g/mol. The first-order valence-corrected chi connectivity index (χ1v) is 6.35. The third kappa shape index (κ3) is 2.67. The van der Waals surface area contributed by atoms with Gasteiger partial charge in [0.2, 0.25) is 0 Å². The summed E-state index contributed by atoms with van der Waals surface area (Å²) in [6.45, 7) is 3.45. The minimum Gasteiger partial charge on any atom is -0.384 e. The monoisotopic (exact) mass is 255 g/mol. The standard InChI is InChI=1S/C15H17N3O/c1-3-17-15-12(9-16)10-18-14-11(7-8-19-2)5-4-6-13(14)15/h4-6,10H,3,7-8H2,1-2H3,(H,17,18). The van der Waals surface area contributed by atoms with Crippen LogP contribution in [-0.2, 0) is 11.2 Å². The summed E-state index contributed by atoms with van der Waals surface area (Å²) in [6.07, 6.45) is 2.45. The van der Waals surface area contributed by atoms with Gasteiger partial charge in [0.1, 0.15) is 6.07 Å². The maximum atomic E-state index is 9.17. The summed E-state index contributed by atoms with van der Waals surface area (Å²) in [4.78, 5) is 4.43. The number of nitrogens with one attached hydrogen (secondary N) is 1. The molecule has 1 heterocycles. The van der Waals surface area contributed by atoms with Gasteiger partial charge in [-0.2, -0.15) is 5.26 Å². The maximum Gasteiger partial charge on any atom is 0.103 e. The molecule has 0 amide bonds. The number of hydrogen-bond acceptors (Lipinski definition) is 4. The van der Waals surface area contributed by atoms with Crippen molar-refractivity contribution < 1.29 is 4.74 Å². The molecule has 2 rings (SSSR count). The van der Waals surface area contributed by atoms with Gasteiger partial charge < -0.3 is 10.1 Å². The molecule has 0 aliphatic carbocycles. The topological polar surface area (TPSA) is 57.9 Å². The molecule has 0 fully saturated rings. The van der Waals surface area contributed by atoms with Crippen LogP contribution in [0.2, 0.25) is 0 Å². The van der Waals surface area contributed by atoms with Crippen molar-refractivity contribution in [2.75, 3.05) is 25.6 Å². The van der Waals surface area contributed by atoms with Crippen molar-refractivity contribution >= 4 is 16.6 Å². The molecule has 0 radical (unpaired) electrons. The van der Waals surface area contributed by atoms with Crippen LogP contribution in [-0.4, -0.2) is 25.2 Å². The lowest BCUT2D eigenvalue weighted by Crippen LogP contribution is -2.03. The summed E-state index contributed by atoms with van der Waals surface area (Å²) in [5.74, 6) is 0. The molecule has 0 saturated heterocycles. The summed E-state index contributed by atoms with van der Waals surface area (Å²) in [5, 5.41) is 13.4. The molecule has 19 heavy (non-hydrogen) atoms. The molecular formula is C15H17N3O. The quantitative estimate of drug-likeness (QED) is 0.892. The van der Waals surface area contributed by atoms with Crippen LogP contribution in [0.3, 0.4) is 0 Å². The van der Waals surface area contributed by atoms with Crippen molar-refractivity contribution in [1.29, 1.82) is 5.26 Å². The predicted octanol–water partition coefficient (Wildman–Crippen LogP) is 2.73. The first-order valence-electron chi connectivity index (χ1n) is 6.35. The van der Waals surface area contributed by atoms with Gasteiger partial charge in [-0.3, -0.25) is 4.98 Å². The molecule has 1 aromatic heterocycles. The number of pyridine rings is 1. The third-order valence-corrected chi connectivity index (χ3v) is 3.03. The van der Waals surface area contributed by atoms with E-state index in [-0.39, 0.29) is 0 Å². The van der Waals surface area contributed by atoms with E-state index in [1.807, 2.05) is 19.1 Å². The molecule has 4 heteroatoms. The Hall–Kier alpha value is -2.12. The summed E-state index contributed by atoms with van der Waals surface area (Å²) in [6, 6.07) is 8.23. The summed E-state index contributed by atoms with van der Waals surface area (Å²) in [5.41, 5.74) is 3.53. The smallest absolute Gasteiger partial charge is 0.103 e. The highest BCUT2D eigenvalue weighted by Gasteiger charge is 2.10. The minimum atomic E-state index is 0.582. The minimum absolute atomic E-state index is 0.582. The lowest BCUT2D eigenvalue weighted by molar-refractivity contribution is 0.202. The number of para-hydroxylation sites is 1. The SMILES string of the molecule is CCNc1c(C#N)cnc2c(CCOC)cccc12. The lowest BCUT2D eigenvalue weighted by atomic mass is 10.0. The van der Waals surface area contributed by atoms with Gasteiger partial charge in [0.25, 0.3) is 0 Å². The van der Waals surface area contributed by atoms with Crippen LogP contribution in [0, 0.1) is 11.3 Å². The van der Waals surface area contributed by atoms with Crippen molar-refractivity contribution in [3.8, 4) is 6.07 Å². The zero-order valence-corrected chi connectivity index (χ0v) is 11.2. The Morgan fingerprint density at radius 2 is 2.26 bits per heavy atom. The fourth-order valence-electron chi connectivity index (χ4n) is 2.15. The number of hydrogen-bond donors (Lipinski definition) is 1. The van der Waals surface area contributed by atoms with Crippen LogP contribution in [0.25, 0.3) is 10.9 Å². The largest absolute Gasteiger partial charge is 0.384 e. The summed E-state index contributed by atoms with van der Waals surface area (Å²) < 4.78 is 5.12. The number of aromatic nitrogens is 1. The highest BCUT2D eigenvalue weighted by molar-refractivity contribution is 5.95. The van der Waals surface area contributed by atoms with Crippen LogP contribution in [0.15, 0.2) is 24.4 Å². The van der Waals surface area contributed by atoms with E-state index in [2.05, 4.69) is 22.4 Å². The van der Waals surface area contributed by atoms with Gasteiger partial charge in [-0.05, 0) is 18.9 Å². The number of nitrogens with zero attached hydrogens (tertiary/aromatic N) is 2. The Bertz CT molecular complexity index is 617. The molecule has 0 unspecified atom stereocenters. The second kappa shape index (κ2) is 6.17. The first kappa shape index (κ1) is 13.3. The molecule has 1 aromatic carbocycles. The predicted molar refractivity (Wildman–Crippen MR) is 76.2 cm³/mol. The van der Waals surface area contributed by atoms with Crippen LogP contribution < -0.4 is 5.32 Å². The van der Waals surface area contributed by atoms with E-state index >= 15 is 0 Å². The fraction of sp³-hybridized carbons (Fsp3) is 0.333. The van der Waals surface area contributed by atoms with E-state index in [4.69, 9.17) is 10.00 Å². The van der Waals surface area contributed by atoms with Crippen LogP contribution in [0.5, 0.6) is 0 Å². The number of ether oxygens (including phenoxy) is 1. The number of methoxy groups -OCH3 is 1. The highest BCUT2D eigenvalue weighted by Crippen LogP contribution is 2.27. The number of rotatable bonds is 5. The first-order chi connectivity index (χ1) is 9.31. The number of benzene rings is 1. The van der Waals surface area contributed by atoms with Gasteiger partial charge in [0, 0.05) is 25.2 Å². The van der Waals surface area contributed by atoms with Crippen molar-refractivity contribution in [3.63, 3.8) is 0 Å². The highest BCUT2D eigenvalue weighted by atomic mass is 16.5. The van der Waals surface area contributed by atoms with Gasteiger partial charge >= 0.3 is 0 Å². The molecule has 2 aromatic rings. The van der Waals surface area contributed by atoms with Gasteiger partial charge in [-0.15, -0.1) is 0 Å².